The molecule has 4 rings (SSSR count). The van der Waals surface area contributed by atoms with E-state index in [1.54, 1.807) is 12.1 Å². The highest BCUT2D eigenvalue weighted by Crippen LogP contribution is 2.34. The van der Waals surface area contributed by atoms with Gasteiger partial charge in [0.05, 0.1) is 14.2 Å². The van der Waals surface area contributed by atoms with E-state index in [0.717, 1.165) is 22.2 Å². The number of aryl methyl sites for hydroxylation is 2. The molecule has 0 aliphatic heterocycles. The number of hydrogen-bond donors (Lipinski definition) is 2. The van der Waals surface area contributed by atoms with Crippen LogP contribution in [0.2, 0.25) is 0 Å². The van der Waals surface area contributed by atoms with Crippen LogP contribution >= 0.6 is 0 Å². The average molecular weight is 376 g/mol. The molecule has 6 nitrogen and oxygen atoms in total. The second kappa shape index (κ2) is 7.23. The Bertz CT molecular complexity index is 1080. The first kappa shape index (κ1) is 17.9. The average Bonchev–Trinajstić information content (AvgIpc) is 2.73. The van der Waals surface area contributed by atoms with Crippen LogP contribution in [0.4, 0.5) is 0 Å². The van der Waals surface area contributed by atoms with E-state index in [0.29, 0.717) is 35.4 Å². The quantitative estimate of drug-likeness (QED) is 0.548. The van der Waals surface area contributed by atoms with Gasteiger partial charge in [0.15, 0.2) is 23.0 Å². The number of aromatic nitrogens is 2. The lowest BCUT2D eigenvalue weighted by Crippen LogP contribution is -1.98. The molecule has 0 unspecified atom stereocenters. The molecule has 28 heavy (non-hydrogen) atoms. The van der Waals surface area contributed by atoms with Crippen molar-refractivity contribution in [3.63, 3.8) is 0 Å². The van der Waals surface area contributed by atoms with Gasteiger partial charge in [0.1, 0.15) is 11.0 Å². The summed E-state index contributed by atoms with van der Waals surface area (Å²) in [4.78, 5) is 9.16. The van der Waals surface area contributed by atoms with Gasteiger partial charge in [0, 0.05) is 22.2 Å². The van der Waals surface area contributed by atoms with Crippen molar-refractivity contribution in [1.82, 2.24) is 9.97 Å². The van der Waals surface area contributed by atoms with Crippen molar-refractivity contribution in [3.05, 3.63) is 59.9 Å². The van der Waals surface area contributed by atoms with Gasteiger partial charge >= 0.3 is 0 Å². The predicted octanol–water partition coefficient (Wildman–Crippen LogP) is 4.00. The Balaban J connectivity index is 1.62. The molecule has 2 aromatic heterocycles. The van der Waals surface area contributed by atoms with Gasteiger partial charge in [-0.05, 0) is 49.2 Å². The summed E-state index contributed by atoms with van der Waals surface area (Å²) in [5.74, 6) is 0.890. The van der Waals surface area contributed by atoms with Crippen molar-refractivity contribution in [2.24, 2.45) is 0 Å². The van der Waals surface area contributed by atoms with Crippen molar-refractivity contribution >= 4 is 21.8 Å². The zero-order chi connectivity index (χ0) is 19.7. The van der Waals surface area contributed by atoms with Crippen molar-refractivity contribution in [3.8, 4) is 23.0 Å². The van der Waals surface area contributed by atoms with E-state index < -0.39 is 0 Å². The van der Waals surface area contributed by atoms with Gasteiger partial charge in [-0.1, -0.05) is 12.1 Å². The summed E-state index contributed by atoms with van der Waals surface area (Å²) in [5.41, 5.74) is 2.72. The molecule has 0 aliphatic rings. The largest absolute Gasteiger partial charge is 0.503 e. The molecule has 2 aromatic carbocycles. The Labute approximate surface area is 162 Å². The minimum absolute atomic E-state index is 0.0442. The van der Waals surface area contributed by atoms with Crippen LogP contribution in [-0.4, -0.2) is 34.4 Å². The third kappa shape index (κ3) is 3.13. The number of ether oxygens (including phenoxy) is 2. The minimum Gasteiger partial charge on any atom is -0.503 e. The summed E-state index contributed by atoms with van der Waals surface area (Å²) in [5, 5.41) is 22.3. The first-order valence-corrected chi connectivity index (χ1v) is 8.92. The molecule has 0 radical (unpaired) electrons. The lowest BCUT2D eigenvalue weighted by Gasteiger charge is -2.09. The van der Waals surface area contributed by atoms with Crippen LogP contribution in [0.25, 0.3) is 21.8 Å². The number of fused-ring (bicyclic) bond motifs is 2. The summed E-state index contributed by atoms with van der Waals surface area (Å²) in [6, 6.07) is 14.9. The fourth-order valence-corrected chi connectivity index (χ4v) is 3.26. The van der Waals surface area contributed by atoms with Crippen molar-refractivity contribution in [2.75, 3.05) is 14.2 Å². The lowest BCUT2D eigenvalue weighted by atomic mass is 10.1. The molecule has 2 heterocycles. The highest BCUT2D eigenvalue weighted by atomic mass is 16.5. The fraction of sp³-hybridized carbons (Fsp3) is 0.182. The maximum Gasteiger partial charge on any atom is 0.184 e. The maximum absolute atomic E-state index is 10.3. The van der Waals surface area contributed by atoms with E-state index in [4.69, 9.17) is 9.47 Å². The normalized spacial score (nSPS) is 11.1. The SMILES string of the molecule is COc1ccc2ccc(CCc3ccc4ccc(OC)c(O)c4n3)nc2c1O. The van der Waals surface area contributed by atoms with Crippen LogP contribution in [0, 0.1) is 0 Å². The van der Waals surface area contributed by atoms with E-state index in [-0.39, 0.29) is 11.5 Å². The third-order valence-electron chi connectivity index (χ3n) is 4.79. The van der Waals surface area contributed by atoms with E-state index in [1.807, 2.05) is 36.4 Å². The minimum atomic E-state index is 0.0442. The van der Waals surface area contributed by atoms with Gasteiger partial charge in [-0.2, -0.15) is 0 Å². The zero-order valence-corrected chi connectivity index (χ0v) is 15.6. The molecule has 0 saturated carbocycles. The molecular weight excluding hydrogens is 356 g/mol. The summed E-state index contributed by atoms with van der Waals surface area (Å²) in [6.45, 7) is 0. The first-order chi connectivity index (χ1) is 13.6. The van der Waals surface area contributed by atoms with Gasteiger partial charge < -0.3 is 19.7 Å². The molecule has 0 fully saturated rings. The van der Waals surface area contributed by atoms with Gasteiger partial charge in [-0.15, -0.1) is 0 Å². The molecule has 6 heteroatoms. The second-order valence-electron chi connectivity index (χ2n) is 6.48. The molecule has 0 aliphatic carbocycles. The molecule has 0 amide bonds. The number of rotatable bonds is 5. The number of benzene rings is 2. The molecule has 0 atom stereocenters. The molecule has 0 bridgehead atoms. The zero-order valence-electron chi connectivity index (χ0n) is 15.6. The Morgan fingerprint density at radius 1 is 0.643 bits per heavy atom. The van der Waals surface area contributed by atoms with Gasteiger partial charge in [-0.25, -0.2) is 9.97 Å². The predicted molar refractivity (Wildman–Crippen MR) is 107 cm³/mol. The number of phenolic OH excluding ortho intramolecular Hbond substituents is 2. The van der Waals surface area contributed by atoms with Crippen LogP contribution in [0.15, 0.2) is 48.5 Å². The van der Waals surface area contributed by atoms with Crippen LogP contribution in [0.3, 0.4) is 0 Å². The van der Waals surface area contributed by atoms with Crippen LogP contribution in [0.1, 0.15) is 11.4 Å². The van der Waals surface area contributed by atoms with E-state index in [9.17, 15) is 10.2 Å². The first-order valence-electron chi connectivity index (χ1n) is 8.92. The molecule has 0 saturated heterocycles. The molecule has 0 spiro atoms. The number of phenols is 2. The number of nitrogens with zero attached hydrogens (tertiary/aromatic N) is 2. The highest BCUT2D eigenvalue weighted by molar-refractivity contribution is 5.87. The fourth-order valence-electron chi connectivity index (χ4n) is 3.26. The van der Waals surface area contributed by atoms with Crippen LogP contribution in [0.5, 0.6) is 23.0 Å². The Kier molecular flexibility index (Phi) is 4.61. The summed E-state index contributed by atoms with van der Waals surface area (Å²) in [7, 11) is 3.03. The van der Waals surface area contributed by atoms with Crippen LogP contribution in [-0.2, 0) is 12.8 Å². The van der Waals surface area contributed by atoms with Crippen molar-refractivity contribution < 1.29 is 19.7 Å². The van der Waals surface area contributed by atoms with E-state index >= 15 is 0 Å². The number of aromatic hydroxyl groups is 2. The Morgan fingerprint density at radius 2 is 1.04 bits per heavy atom. The topological polar surface area (TPSA) is 84.7 Å². The van der Waals surface area contributed by atoms with E-state index in [2.05, 4.69) is 9.97 Å². The Morgan fingerprint density at radius 3 is 1.43 bits per heavy atom. The van der Waals surface area contributed by atoms with E-state index in [1.165, 1.54) is 14.2 Å². The monoisotopic (exact) mass is 376 g/mol. The summed E-state index contributed by atoms with van der Waals surface area (Å²) < 4.78 is 10.3. The van der Waals surface area contributed by atoms with Gasteiger partial charge in [-0.3, -0.25) is 0 Å². The smallest absolute Gasteiger partial charge is 0.184 e. The second-order valence-corrected chi connectivity index (χ2v) is 6.48. The number of hydrogen-bond acceptors (Lipinski definition) is 6. The molecule has 142 valence electrons. The lowest BCUT2D eigenvalue weighted by molar-refractivity contribution is 0.376. The number of methoxy groups -OCH3 is 2. The summed E-state index contributed by atoms with van der Waals surface area (Å²) in [6.07, 6.45) is 1.30. The standard InChI is InChI=1S/C22H20N2O4/c1-27-17-11-5-13-3-7-15(23-19(13)21(17)25)9-10-16-8-4-14-6-12-18(28-2)22(26)20(14)24-16/h3-8,11-12,25-26H,9-10H2,1-2H3. The highest BCUT2D eigenvalue weighted by Gasteiger charge is 2.11. The molecular formula is C22H20N2O4. The summed E-state index contributed by atoms with van der Waals surface area (Å²) >= 11 is 0. The van der Waals surface area contributed by atoms with Crippen LogP contribution < -0.4 is 9.47 Å². The third-order valence-corrected chi connectivity index (χ3v) is 4.79. The molecule has 4 aromatic rings. The maximum atomic E-state index is 10.3. The Hall–Kier alpha value is -3.54. The van der Waals surface area contributed by atoms with Crippen molar-refractivity contribution in [2.45, 2.75) is 12.8 Å². The molecule has 2 N–H and O–H groups in total. The number of pyridine rings is 2. The van der Waals surface area contributed by atoms with Gasteiger partial charge in [0.2, 0.25) is 0 Å². The van der Waals surface area contributed by atoms with Crippen molar-refractivity contribution in [1.29, 1.82) is 0 Å². The van der Waals surface area contributed by atoms with Gasteiger partial charge in [0.25, 0.3) is 0 Å².